The number of hydrogen-bond acceptors (Lipinski definition) is 4. The summed E-state index contributed by atoms with van der Waals surface area (Å²) in [6.07, 6.45) is -2.72. The van der Waals surface area contributed by atoms with E-state index in [4.69, 9.17) is 4.74 Å². The SMILES string of the molecule is COc1cc(NC(=O)C2CCCC(C(F)(F)F)C2)ccc1NS(C)(=O)=O. The lowest BCUT2D eigenvalue weighted by Gasteiger charge is -2.29. The Morgan fingerprint density at radius 1 is 1.27 bits per heavy atom. The summed E-state index contributed by atoms with van der Waals surface area (Å²) in [5, 5.41) is 2.58. The number of benzene rings is 1. The summed E-state index contributed by atoms with van der Waals surface area (Å²) < 4.78 is 68.7. The molecule has 1 aromatic rings. The van der Waals surface area contributed by atoms with Crippen LogP contribution in [0.2, 0.25) is 0 Å². The molecule has 1 aliphatic rings. The van der Waals surface area contributed by atoms with E-state index in [0.29, 0.717) is 18.5 Å². The van der Waals surface area contributed by atoms with Crippen LogP contribution in [-0.4, -0.2) is 33.9 Å². The molecule has 6 nitrogen and oxygen atoms in total. The van der Waals surface area contributed by atoms with Gasteiger partial charge in [0, 0.05) is 17.7 Å². The molecule has 0 bridgehead atoms. The summed E-state index contributed by atoms with van der Waals surface area (Å²) in [7, 11) is -2.17. The predicted molar refractivity (Wildman–Crippen MR) is 91.6 cm³/mol. The highest BCUT2D eigenvalue weighted by atomic mass is 32.2. The van der Waals surface area contributed by atoms with E-state index in [9.17, 15) is 26.4 Å². The number of ether oxygens (including phenoxy) is 1. The van der Waals surface area contributed by atoms with Crippen LogP contribution in [0.4, 0.5) is 24.5 Å². The lowest BCUT2D eigenvalue weighted by Crippen LogP contribution is -2.34. The summed E-state index contributed by atoms with van der Waals surface area (Å²) in [6, 6.07) is 4.28. The molecule has 1 amide bonds. The third-order valence-electron chi connectivity index (χ3n) is 4.27. The molecule has 1 saturated carbocycles. The first kappa shape index (κ1) is 20.3. The average molecular weight is 394 g/mol. The highest BCUT2D eigenvalue weighted by molar-refractivity contribution is 7.92. The van der Waals surface area contributed by atoms with Crippen molar-refractivity contribution in [2.24, 2.45) is 11.8 Å². The Hall–Kier alpha value is -1.97. The fraction of sp³-hybridized carbons (Fsp3) is 0.562. The Morgan fingerprint density at radius 2 is 1.96 bits per heavy atom. The van der Waals surface area contributed by atoms with Gasteiger partial charge in [-0.2, -0.15) is 13.2 Å². The summed E-state index contributed by atoms with van der Waals surface area (Å²) >= 11 is 0. The molecule has 2 rings (SSSR count). The van der Waals surface area contributed by atoms with Gasteiger partial charge >= 0.3 is 6.18 Å². The van der Waals surface area contributed by atoms with Crippen molar-refractivity contribution in [3.63, 3.8) is 0 Å². The van der Waals surface area contributed by atoms with Gasteiger partial charge in [-0.25, -0.2) is 8.42 Å². The number of anilines is 2. The number of alkyl halides is 3. The standard InChI is InChI=1S/C16H21F3N2O4S/c1-25-14-9-12(6-7-13(14)21-26(2,23)24)20-15(22)10-4-3-5-11(8-10)16(17,18)19/h6-7,9-11,21H,3-5,8H2,1-2H3,(H,20,22). The highest BCUT2D eigenvalue weighted by Gasteiger charge is 2.43. The monoisotopic (exact) mass is 394 g/mol. The second-order valence-electron chi connectivity index (χ2n) is 6.38. The molecule has 1 aliphatic carbocycles. The van der Waals surface area contributed by atoms with E-state index in [1.54, 1.807) is 0 Å². The van der Waals surface area contributed by atoms with E-state index in [0.717, 1.165) is 6.26 Å². The Morgan fingerprint density at radius 3 is 2.54 bits per heavy atom. The Labute approximate surface area is 150 Å². The average Bonchev–Trinajstić information content (AvgIpc) is 2.54. The van der Waals surface area contributed by atoms with Gasteiger partial charge in [0.2, 0.25) is 15.9 Å². The van der Waals surface area contributed by atoms with Crippen LogP contribution in [0.1, 0.15) is 25.7 Å². The van der Waals surface area contributed by atoms with Gasteiger partial charge in [-0.3, -0.25) is 9.52 Å². The van der Waals surface area contributed by atoms with Crippen LogP contribution in [0.15, 0.2) is 18.2 Å². The van der Waals surface area contributed by atoms with Crippen molar-refractivity contribution < 1.29 is 31.1 Å². The van der Waals surface area contributed by atoms with Gasteiger partial charge in [0.15, 0.2) is 0 Å². The quantitative estimate of drug-likeness (QED) is 0.802. The smallest absolute Gasteiger partial charge is 0.391 e. The molecule has 2 atom stereocenters. The van der Waals surface area contributed by atoms with Gasteiger partial charge in [-0.1, -0.05) is 6.42 Å². The zero-order valence-corrected chi connectivity index (χ0v) is 15.2. The van der Waals surface area contributed by atoms with Crippen molar-refractivity contribution in [2.45, 2.75) is 31.9 Å². The Kier molecular flexibility index (Phi) is 6.05. The van der Waals surface area contributed by atoms with Crippen molar-refractivity contribution in [1.29, 1.82) is 0 Å². The van der Waals surface area contributed by atoms with E-state index in [1.165, 1.54) is 25.3 Å². The van der Waals surface area contributed by atoms with Crippen molar-refractivity contribution in [3.05, 3.63) is 18.2 Å². The minimum atomic E-state index is -4.29. The van der Waals surface area contributed by atoms with Gasteiger partial charge in [0.05, 0.1) is 25.0 Å². The lowest BCUT2D eigenvalue weighted by molar-refractivity contribution is -0.185. The number of carbonyl (C=O) groups is 1. The molecule has 0 radical (unpaired) electrons. The van der Waals surface area contributed by atoms with Crippen molar-refractivity contribution in [3.8, 4) is 5.75 Å². The fourth-order valence-corrected chi connectivity index (χ4v) is 3.59. The molecule has 0 spiro atoms. The molecule has 1 aromatic carbocycles. The first-order valence-corrected chi connectivity index (χ1v) is 9.92. The maximum absolute atomic E-state index is 12.9. The molecular formula is C16H21F3N2O4S. The highest BCUT2D eigenvalue weighted by Crippen LogP contribution is 2.40. The Balaban J connectivity index is 2.09. The minimum absolute atomic E-state index is 0.0486. The molecule has 10 heteroatoms. The number of amides is 1. The summed E-state index contributed by atoms with van der Waals surface area (Å²) in [5.74, 6) is -2.46. The van der Waals surface area contributed by atoms with Crippen LogP contribution in [0.5, 0.6) is 5.75 Å². The van der Waals surface area contributed by atoms with Gasteiger partial charge < -0.3 is 10.1 Å². The van der Waals surface area contributed by atoms with Crippen LogP contribution >= 0.6 is 0 Å². The number of rotatable bonds is 5. The maximum atomic E-state index is 12.9. The van der Waals surface area contributed by atoms with Crippen LogP contribution < -0.4 is 14.8 Å². The third-order valence-corrected chi connectivity index (χ3v) is 4.86. The van der Waals surface area contributed by atoms with E-state index < -0.39 is 33.9 Å². The van der Waals surface area contributed by atoms with Crippen LogP contribution in [0.3, 0.4) is 0 Å². The molecule has 2 N–H and O–H groups in total. The summed E-state index contributed by atoms with van der Waals surface area (Å²) in [5.41, 5.74) is 0.517. The topological polar surface area (TPSA) is 84.5 Å². The second-order valence-corrected chi connectivity index (χ2v) is 8.13. The zero-order chi connectivity index (χ0) is 19.5. The molecule has 1 fully saturated rings. The van der Waals surface area contributed by atoms with Crippen LogP contribution in [-0.2, 0) is 14.8 Å². The largest absolute Gasteiger partial charge is 0.494 e. The van der Waals surface area contributed by atoms with Gasteiger partial charge in [-0.15, -0.1) is 0 Å². The van der Waals surface area contributed by atoms with Crippen molar-refractivity contribution >= 4 is 27.3 Å². The third kappa shape index (κ3) is 5.52. The molecule has 0 aliphatic heterocycles. The molecule has 146 valence electrons. The molecule has 26 heavy (non-hydrogen) atoms. The number of sulfonamides is 1. The molecule has 0 aromatic heterocycles. The number of nitrogens with one attached hydrogen (secondary N) is 2. The summed E-state index contributed by atoms with van der Waals surface area (Å²) in [6.45, 7) is 0. The molecule has 2 unspecified atom stereocenters. The van der Waals surface area contributed by atoms with E-state index >= 15 is 0 Å². The van der Waals surface area contributed by atoms with Gasteiger partial charge in [0.1, 0.15) is 5.75 Å². The number of methoxy groups -OCH3 is 1. The van der Waals surface area contributed by atoms with Crippen LogP contribution in [0.25, 0.3) is 0 Å². The zero-order valence-electron chi connectivity index (χ0n) is 14.4. The van der Waals surface area contributed by atoms with Gasteiger partial charge in [-0.05, 0) is 31.4 Å². The number of carbonyl (C=O) groups excluding carboxylic acids is 1. The normalized spacial score (nSPS) is 21.1. The number of halogens is 3. The van der Waals surface area contributed by atoms with E-state index in [-0.39, 0.29) is 24.3 Å². The second kappa shape index (κ2) is 7.73. The van der Waals surface area contributed by atoms with E-state index in [1.807, 2.05) is 0 Å². The fourth-order valence-electron chi connectivity index (χ4n) is 3.02. The van der Waals surface area contributed by atoms with Gasteiger partial charge in [0.25, 0.3) is 0 Å². The number of hydrogen-bond donors (Lipinski definition) is 2. The van der Waals surface area contributed by atoms with Crippen molar-refractivity contribution in [2.75, 3.05) is 23.4 Å². The molecule has 0 saturated heterocycles. The van der Waals surface area contributed by atoms with E-state index in [2.05, 4.69) is 10.0 Å². The first-order chi connectivity index (χ1) is 12.0. The summed E-state index contributed by atoms with van der Waals surface area (Å²) in [4.78, 5) is 12.3. The maximum Gasteiger partial charge on any atom is 0.391 e. The minimum Gasteiger partial charge on any atom is -0.494 e. The molecular weight excluding hydrogens is 373 g/mol. The first-order valence-electron chi connectivity index (χ1n) is 8.03. The predicted octanol–water partition coefficient (Wildman–Crippen LogP) is 3.37. The molecule has 0 heterocycles. The lowest BCUT2D eigenvalue weighted by atomic mass is 9.80. The van der Waals surface area contributed by atoms with Crippen molar-refractivity contribution in [1.82, 2.24) is 0 Å². The Bertz CT molecular complexity index is 765. The van der Waals surface area contributed by atoms with Crippen LogP contribution in [0, 0.1) is 11.8 Å².